The monoisotopic (exact) mass is 429 g/mol. The van der Waals surface area contributed by atoms with Gasteiger partial charge in [-0.25, -0.2) is 0 Å². The van der Waals surface area contributed by atoms with Crippen molar-refractivity contribution in [1.29, 1.82) is 0 Å². The summed E-state index contributed by atoms with van der Waals surface area (Å²) in [6, 6.07) is -3.84. The van der Waals surface area contributed by atoms with Crippen LogP contribution in [0.3, 0.4) is 0 Å². The number of hydrogen-bond donors (Lipinski definition) is 7. The van der Waals surface area contributed by atoms with E-state index in [4.69, 9.17) is 22.3 Å². The maximum Gasteiger partial charge on any atom is 0.325 e. The molecule has 12 nitrogen and oxygen atoms in total. The van der Waals surface area contributed by atoms with Crippen LogP contribution in [0, 0.1) is 5.92 Å². The van der Waals surface area contributed by atoms with Crippen LogP contribution in [0.4, 0.5) is 0 Å². The van der Waals surface area contributed by atoms with Gasteiger partial charge in [-0.3, -0.25) is 24.2 Å². The average molecular weight is 430 g/mol. The Morgan fingerprint density at radius 2 is 1.50 bits per heavy atom. The van der Waals surface area contributed by atoms with E-state index < -0.39 is 47.9 Å². The molecule has 0 aliphatic rings. The molecular formula is C18H35N7O5. The van der Waals surface area contributed by atoms with Crippen LogP contribution >= 0.6 is 0 Å². The van der Waals surface area contributed by atoms with Crippen LogP contribution in [0.1, 0.15) is 47.0 Å². The van der Waals surface area contributed by atoms with Gasteiger partial charge in [-0.1, -0.05) is 20.3 Å². The molecular weight excluding hydrogens is 394 g/mol. The van der Waals surface area contributed by atoms with Crippen LogP contribution in [-0.2, 0) is 19.2 Å². The summed E-state index contributed by atoms with van der Waals surface area (Å²) in [6.45, 7) is 6.72. The van der Waals surface area contributed by atoms with E-state index in [-0.39, 0.29) is 11.9 Å². The van der Waals surface area contributed by atoms with Crippen LogP contribution in [0.2, 0.25) is 0 Å². The first-order valence-corrected chi connectivity index (χ1v) is 9.85. The van der Waals surface area contributed by atoms with Crippen LogP contribution < -0.4 is 33.2 Å². The summed E-state index contributed by atoms with van der Waals surface area (Å²) in [5.41, 5.74) is 16.2. The van der Waals surface area contributed by atoms with Crippen molar-refractivity contribution < 1.29 is 24.3 Å². The molecule has 0 aliphatic carbocycles. The van der Waals surface area contributed by atoms with Crippen molar-refractivity contribution in [1.82, 2.24) is 16.0 Å². The van der Waals surface area contributed by atoms with E-state index in [9.17, 15) is 19.2 Å². The van der Waals surface area contributed by atoms with Crippen LogP contribution in [0.5, 0.6) is 0 Å². The molecule has 0 heterocycles. The van der Waals surface area contributed by atoms with E-state index in [1.165, 1.54) is 13.8 Å². The summed E-state index contributed by atoms with van der Waals surface area (Å²) < 4.78 is 0. The minimum absolute atomic E-state index is 0.0454. The SMILES string of the molecule is CCC(C)C(NC(=O)C(C)NC(=O)C(N)CCCN=C(N)N)C(=O)NC(C)C(=O)O. The number of hydrogen-bond acceptors (Lipinski definition) is 6. The Kier molecular flexibility index (Phi) is 12.1. The van der Waals surface area contributed by atoms with E-state index in [2.05, 4.69) is 20.9 Å². The molecule has 10 N–H and O–H groups in total. The maximum absolute atomic E-state index is 12.5. The zero-order valence-electron chi connectivity index (χ0n) is 18.0. The number of nitrogens with two attached hydrogens (primary N) is 3. The smallest absolute Gasteiger partial charge is 0.325 e. The summed E-state index contributed by atoms with van der Waals surface area (Å²) in [5.74, 6) is -3.20. The van der Waals surface area contributed by atoms with Crippen LogP contribution in [-0.4, -0.2) is 65.5 Å². The maximum atomic E-state index is 12.5. The van der Waals surface area contributed by atoms with Gasteiger partial charge >= 0.3 is 5.97 Å². The molecule has 0 fully saturated rings. The molecule has 12 heteroatoms. The van der Waals surface area contributed by atoms with Crippen molar-refractivity contribution in [3.63, 3.8) is 0 Å². The zero-order chi connectivity index (χ0) is 23.4. The van der Waals surface area contributed by atoms with E-state index in [1.54, 1.807) is 6.92 Å². The van der Waals surface area contributed by atoms with Crippen molar-refractivity contribution in [2.24, 2.45) is 28.1 Å². The topological polar surface area (TPSA) is 215 Å². The molecule has 0 radical (unpaired) electrons. The van der Waals surface area contributed by atoms with Gasteiger partial charge in [0.2, 0.25) is 17.7 Å². The Labute approximate surface area is 176 Å². The van der Waals surface area contributed by atoms with Gasteiger partial charge in [-0.2, -0.15) is 0 Å². The quantitative estimate of drug-likeness (QED) is 0.0983. The highest BCUT2D eigenvalue weighted by Gasteiger charge is 2.30. The van der Waals surface area contributed by atoms with E-state index >= 15 is 0 Å². The van der Waals surface area contributed by atoms with Crippen molar-refractivity contribution in [3.05, 3.63) is 0 Å². The molecule has 0 saturated carbocycles. The summed E-state index contributed by atoms with van der Waals surface area (Å²) in [5, 5.41) is 16.4. The van der Waals surface area contributed by atoms with Crippen LogP contribution in [0.25, 0.3) is 0 Å². The van der Waals surface area contributed by atoms with Gasteiger partial charge in [0.05, 0.1) is 6.04 Å². The molecule has 0 aromatic rings. The standard InChI is InChI=1S/C18H35N7O5/c1-5-9(2)13(16(28)24-11(4)17(29)30)25-14(26)10(3)23-15(27)12(19)7-6-8-22-18(20)21/h9-13H,5-8,19H2,1-4H3,(H,23,27)(H,24,28)(H,25,26)(H,29,30)(H4,20,21,22). The lowest BCUT2D eigenvalue weighted by Gasteiger charge is -2.26. The number of carboxylic acids is 1. The Balaban J connectivity index is 4.83. The second kappa shape index (κ2) is 13.4. The highest BCUT2D eigenvalue weighted by Crippen LogP contribution is 2.09. The summed E-state index contributed by atoms with van der Waals surface area (Å²) >= 11 is 0. The molecule has 5 unspecified atom stereocenters. The molecule has 0 rings (SSSR count). The van der Waals surface area contributed by atoms with Crippen LogP contribution in [0.15, 0.2) is 4.99 Å². The fourth-order valence-electron chi connectivity index (χ4n) is 2.38. The number of aliphatic imine (C=N–C) groups is 1. The molecule has 3 amide bonds. The first kappa shape index (κ1) is 27.1. The molecule has 0 saturated heterocycles. The number of nitrogens with one attached hydrogen (secondary N) is 3. The second-order valence-corrected chi connectivity index (χ2v) is 7.23. The largest absolute Gasteiger partial charge is 0.480 e. The average Bonchev–Trinajstić information content (AvgIpc) is 2.67. The normalized spacial score (nSPS) is 15.6. The fourth-order valence-corrected chi connectivity index (χ4v) is 2.38. The summed E-state index contributed by atoms with van der Waals surface area (Å²) in [4.78, 5) is 51.8. The lowest BCUT2D eigenvalue weighted by atomic mass is 9.97. The predicted octanol–water partition coefficient (Wildman–Crippen LogP) is -2.01. The third-order valence-electron chi connectivity index (χ3n) is 4.58. The molecule has 5 atom stereocenters. The van der Waals surface area contributed by atoms with Gasteiger partial charge in [-0.05, 0) is 32.6 Å². The predicted molar refractivity (Wildman–Crippen MR) is 112 cm³/mol. The lowest BCUT2D eigenvalue weighted by Crippen LogP contribution is -2.57. The Morgan fingerprint density at radius 3 is 2.00 bits per heavy atom. The lowest BCUT2D eigenvalue weighted by molar-refractivity contribution is -0.142. The van der Waals surface area contributed by atoms with Gasteiger partial charge in [0, 0.05) is 6.54 Å². The first-order valence-electron chi connectivity index (χ1n) is 9.85. The highest BCUT2D eigenvalue weighted by molar-refractivity contribution is 5.93. The molecule has 0 spiro atoms. The number of guanidine groups is 1. The highest BCUT2D eigenvalue weighted by atomic mass is 16.4. The number of carboxylic acid groups (broad SMARTS) is 1. The van der Waals surface area contributed by atoms with E-state index in [0.717, 1.165) is 0 Å². The molecule has 0 aromatic heterocycles. The van der Waals surface area contributed by atoms with E-state index in [0.29, 0.717) is 25.8 Å². The Bertz CT molecular complexity index is 636. The number of nitrogens with zero attached hydrogens (tertiary/aromatic N) is 1. The first-order chi connectivity index (χ1) is 13.9. The molecule has 172 valence electrons. The summed E-state index contributed by atoms with van der Waals surface area (Å²) in [6.07, 6.45) is 1.38. The van der Waals surface area contributed by atoms with Gasteiger partial charge in [0.1, 0.15) is 18.1 Å². The minimum atomic E-state index is -1.19. The van der Waals surface area contributed by atoms with Crippen molar-refractivity contribution >= 4 is 29.7 Å². The molecule has 30 heavy (non-hydrogen) atoms. The summed E-state index contributed by atoms with van der Waals surface area (Å²) in [7, 11) is 0. The van der Waals surface area contributed by atoms with Crippen molar-refractivity contribution in [3.8, 4) is 0 Å². The zero-order valence-corrected chi connectivity index (χ0v) is 18.0. The third-order valence-corrected chi connectivity index (χ3v) is 4.58. The Hall–Kier alpha value is -2.89. The van der Waals surface area contributed by atoms with Crippen molar-refractivity contribution in [2.45, 2.75) is 71.1 Å². The van der Waals surface area contributed by atoms with E-state index in [1.807, 2.05) is 6.92 Å². The third kappa shape index (κ3) is 10.0. The molecule has 0 aromatic carbocycles. The van der Waals surface area contributed by atoms with Gasteiger partial charge in [0.15, 0.2) is 5.96 Å². The number of rotatable bonds is 13. The Morgan fingerprint density at radius 1 is 0.933 bits per heavy atom. The molecule has 0 bridgehead atoms. The second-order valence-electron chi connectivity index (χ2n) is 7.23. The fraction of sp³-hybridized carbons (Fsp3) is 0.722. The number of carbonyl (C=O) groups is 4. The van der Waals surface area contributed by atoms with Crippen molar-refractivity contribution in [2.75, 3.05) is 6.54 Å². The number of aliphatic carboxylic acids is 1. The van der Waals surface area contributed by atoms with Gasteiger partial charge in [0.25, 0.3) is 0 Å². The molecule has 0 aliphatic heterocycles. The number of amides is 3. The number of carbonyl (C=O) groups excluding carboxylic acids is 3. The minimum Gasteiger partial charge on any atom is -0.480 e. The van der Waals surface area contributed by atoms with Gasteiger partial charge in [-0.15, -0.1) is 0 Å². The van der Waals surface area contributed by atoms with Gasteiger partial charge < -0.3 is 38.3 Å².